The molecule has 0 spiro atoms. The minimum atomic E-state index is -0.136. The molecule has 0 aromatic carbocycles. The van der Waals surface area contributed by atoms with Crippen molar-refractivity contribution in [3.63, 3.8) is 0 Å². The van der Waals surface area contributed by atoms with Crippen molar-refractivity contribution in [2.24, 2.45) is 14.1 Å². The van der Waals surface area contributed by atoms with E-state index in [0.29, 0.717) is 24.0 Å². The van der Waals surface area contributed by atoms with Crippen molar-refractivity contribution in [2.75, 3.05) is 20.2 Å². The number of hydrogen-bond donors (Lipinski definition) is 0. The Morgan fingerprint density at radius 2 is 1.90 bits per heavy atom. The van der Waals surface area contributed by atoms with E-state index < -0.39 is 0 Å². The maximum Gasteiger partial charge on any atom is 0.260 e. The van der Waals surface area contributed by atoms with Crippen LogP contribution in [-0.2, 0) is 18.8 Å². The lowest BCUT2D eigenvalue weighted by molar-refractivity contribution is -0.0191. The number of methoxy groups -OCH3 is 1. The molecule has 1 aliphatic rings. The maximum absolute atomic E-state index is 12.6. The molecule has 2 aromatic rings. The first-order valence-corrected chi connectivity index (χ1v) is 6.91. The van der Waals surface area contributed by atoms with Gasteiger partial charge in [0.2, 0.25) is 0 Å². The van der Waals surface area contributed by atoms with Crippen molar-refractivity contribution in [1.29, 1.82) is 0 Å². The quantitative estimate of drug-likeness (QED) is 0.816. The van der Waals surface area contributed by atoms with Crippen LogP contribution in [0.5, 0.6) is 0 Å². The molecular weight excluding hydrogens is 270 g/mol. The van der Waals surface area contributed by atoms with Crippen LogP contribution in [0.3, 0.4) is 0 Å². The van der Waals surface area contributed by atoms with Crippen LogP contribution < -0.4 is 5.56 Å². The number of nitrogens with zero attached hydrogens (tertiary/aromatic N) is 3. The predicted octanol–water partition coefficient (Wildman–Crippen LogP) is 0.656. The van der Waals surface area contributed by atoms with Crippen molar-refractivity contribution >= 4 is 16.8 Å². The fourth-order valence-electron chi connectivity index (χ4n) is 2.99. The molecule has 21 heavy (non-hydrogen) atoms. The SMILES string of the molecule is COC1CN(C(=O)c2cn(C)c3c(C)cn(C)c(=O)c23)C1. The van der Waals surface area contributed by atoms with Crippen LogP contribution >= 0.6 is 0 Å². The molecule has 1 fully saturated rings. The van der Waals surface area contributed by atoms with E-state index in [0.717, 1.165) is 11.1 Å². The van der Waals surface area contributed by atoms with Gasteiger partial charge in [0.05, 0.1) is 22.6 Å². The summed E-state index contributed by atoms with van der Waals surface area (Å²) < 4.78 is 8.58. The summed E-state index contributed by atoms with van der Waals surface area (Å²) in [6, 6.07) is 0. The second-order valence-electron chi connectivity index (χ2n) is 5.67. The first-order valence-electron chi connectivity index (χ1n) is 6.91. The topological polar surface area (TPSA) is 56.5 Å². The number of pyridine rings is 1. The van der Waals surface area contributed by atoms with Gasteiger partial charge in [0.15, 0.2) is 0 Å². The van der Waals surface area contributed by atoms with Crippen LogP contribution in [0.25, 0.3) is 10.9 Å². The number of fused-ring (bicyclic) bond motifs is 1. The number of likely N-dealkylation sites (tertiary alicyclic amines) is 1. The number of aryl methyl sites for hydroxylation is 3. The van der Waals surface area contributed by atoms with Crippen LogP contribution in [0.15, 0.2) is 17.2 Å². The standard InChI is InChI=1S/C15H19N3O3/c1-9-5-17(3)15(20)12-11(8-16(2)13(9)12)14(19)18-6-10(7-18)21-4/h5,8,10H,6-7H2,1-4H3. The Morgan fingerprint density at radius 1 is 1.24 bits per heavy atom. The van der Waals surface area contributed by atoms with E-state index in [1.807, 2.05) is 18.5 Å². The Labute approximate surface area is 122 Å². The van der Waals surface area contributed by atoms with Gasteiger partial charge in [0, 0.05) is 46.7 Å². The molecule has 0 N–H and O–H groups in total. The Balaban J connectivity index is 2.12. The Kier molecular flexibility index (Phi) is 3.13. The van der Waals surface area contributed by atoms with Gasteiger partial charge in [-0.1, -0.05) is 0 Å². The van der Waals surface area contributed by atoms with Gasteiger partial charge in [0.25, 0.3) is 11.5 Å². The molecule has 0 radical (unpaired) electrons. The number of ether oxygens (including phenoxy) is 1. The molecule has 6 heteroatoms. The molecule has 2 aromatic heterocycles. The second kappa shape index (κ2) is 4.73. The molecule has 3 rings (SSSR count). The highest BCUT2D eigenvalue weighted by molar-refractivity contribution is 6.07. The molecular formula is C15H19N3O3. The number of amides is 1. The van der Waals surface area contributed by atoms with Crippen LogP contribution in [-0.4, -0.2) is 46.2 Å². The summed E-state index contributed by atoms with van der Waals surface area (Å²) in [7, 11) is 5.21. The molecule has 0 aliphatic carbocycles. The number of rotatable bonds is 2. The summed E-state index contributed by atoms with van der Waals surface area (Å²) >= 11 is 0. The third kappa shape index (κ3) is 1.98. The van der Waals surface area contributed by atoms with Crippen molar-refractivity contribution in [3.05, 3.63) is 33.9 Å². The predicted molar refractivity (Wildman–Crippen MR) is 79.6 cm³/mol. The molecule has 0 saturated carbocycles. The summed E-state index contributed by atoms with van der Waals surface area (Å²) in [4.78, 5) is 26.7. The third-order valence-electron chi connectivity index (χ3n) is 4.18. The van der Waals surface area contributed by atoms with Crippen molar-refractivity contribution in [1.82, 2.24) is 14.0 Å². The second-order valence-corrected chi connectivity index (χ2v) is 5.67. The van der Waals surface area contributed by atoms with Gasteiger partial charge < -0.3 is 18.8 Å². The Bertz CT molecular complexity index is 782. The van der Waals surface area contributed by atoms with Gasteiger partial charge in [-0.2, -0.15) is 0 Å². The highest BCUT2D eigenvalue weighted by atomic mass is 16.5. The summed E-state index contributed by atoms with van der Waals surface area (Å²) in [5, 5.41) is 0.505. The van der Waals surface area contributed by atoms with Crippen molar-refractivity contribution < 1.29 is 9.53 Å². The average Bonchev–Trinajstić information content (AvgIpc) is 2.73. The van der Waals surface area contributed by atoms with E-state index in [1.54, 1.807) is 31.5 Å². The molecule has 0 unspecified atom stereocenters. The third-order valence-corrected chi connectivity index (χ3v) is 4.18. The summed E-state index contributed by atoms with van der Waals surface area (Å²) in [6.45, 7) is 3.11. The van der Waals surface area contributed by atoms with E-state index in [1.165, 1.54) is 4.57 Å². The van der Waals surface area contributed by atoms with Crippen molar-refractivity contribution in [2.45, 2.75) is 13.0 Å². The van der Waals surface area contributed by atoms with E-state index in [2.05, 4.69) is 0 Å². The van der Waals surface area contributed by atoms with E-state index in [9.17, 15) is 9.59 Å². The summed E-state index contributed by atoms with van der Waals surface area (Å²) in [5.41, 5.74) is 2.15. The first kappa shape index (κ1) is 13.9. The number of carbonyl (C=O) groups is 1. The van der Waals surface area contributed by atoms with Crippen LogP contribution in [0.2, 0.25) is 0 Å². The van der Waals surface area contributed by atoms with Gasteiger partial charge in [-0.15, -0.1) is 0 Å². The normalized spacial score (nSPS) is 15.5. The number of carbonyl (C=O) groups excluding carboxylic acids is 1. The molecule has 1 saturated heterocycles. The molecule has 3 heterocycles. The average molecular weight is 289 g/mol. The zero-order valence-electron chi connectivity index (χ0n) is 12.7. The van der Waals surface area contributed by atoms with Crippen molar-refractivity contribution in [3.8, 4) is 0 Å². The van der Waals surface area contributed by atoms with E-state index in [-0.39, 0.29) is 17.6 Å². The van der Waals surface area contributed by atoms with Crippen LogP contribution in [0.1, 0.15) is 15.9 Å². The molecule has 0 atom stereocenters. The van der Waals surface area contributed by atoms with Gasteiger partial charge >= 0.3 is 0 Å². The summed E-state index contributed by atoms with van der Waals surface area (Å²) in [5.74, 6) is -0.100. The maximum atomic E-state index is 12.6. The van der Waals surface area contributed by atoms with Gasteiger partial charge in [-0.3, -0.25) is 9.59 Å². The zero-order valence-corrected chi connectivity index (χ0v) is 12.7. The van der Waals surface area contributed by atoms with Crippen LogP contribution in [0.4, 0.5) is 0 Å². The lowest BCUT2D eigenvalue weighted by Crippen LogP contribution is -2.54. The van der Waals surface area contributed by atoms with Gasteiger partial charge in [-0.05, 0) is 12.5 Å². The number of aromatic nitrogens is 2. The first-order chi connectivity index (χ1) is 9.93. The molecule has 0 bridgehead atoms. The van der Waals surface area contributed by atoms with Gasteiger partial charge in [0.1, 0.15) is 0 Å². The fourth-order valence-corrected chi connectivity index (χ4v) is 2.99. The van der Waals surface area contributed by atoms with E-state index >= 15 is 0 Å². The van der Waals surface area contributed by atoms with Gasteiger partial charge in [-0.25, -0.2) is 0 Å². The molecule has 1 amide bonds. The smallest absolute Gasteiger partial charge is 0.260 e. The number of hydrogen-bond acceptors (Lipinski definition) is 3. The van der Waals surface area contributed by atoms with E-state index in [4.69, 9.17) is 4.74 Å². The minimum Gasteiger partial charge on any atom is -0.378 e. The highest BCUT2D eigenvalue weighted by Crippen LogP contribution is 2.24. The monoisotopic (exact) mass is 289 g/mol. The molecule has 1 aliphatic heterocycles. The lowest BCUT2D eigenvalue weighted by atomic mass is 10.1. The lowest BCUT2D eigenvalue weighted by Gasteiger charge is -2.37. The molecule has 112 valence electrons. The molecule has 6 nitrogen and oxygen atoms in total. The summed E-state index contributed by atoms with van der Waals surface area (Å²) in [6.07, 6.45) is 3.65. The minimum absolute atomic E-state index is 0.100. The highest BCUT2D eigenvalue weighted by Gasteiger charge is 2.33. The zero-order chi connectivity index (χ0) is 15.3. The largest absolute Gasteiger partial charge is 0.378 e. The fraction of sp³-hybridized carbons (Fsp3) is 0.467. The Hall–Kier alpha value is -2.08. The van der Waals surface area contributed by atoms with Crippen LogP contribution in [0, 0.1) is 6.92 Å². The Morgan fingerprint density at radius 3 is 2.52 bits per heavy atom.